The fraction of sp³-hybridized carbons (Fsp3) is 0.462. The van der Waals surface area contributed by atoms with Crippen molar-refractivity contribution in [2.24, 2.45) is 0 Å². The van der Waals surface area contributed by atoms with Crippen LogP contribution in [0, 0.1) is 0 Å². The first kappa shape index (κ1) is 15.3. The molecule has 0 amide bonds. The summed E-state index contributed by atoms with van der Waals surface area (Å²) in [5.41, 5.74) is -0.0929. The molecule has 0 aliphatic carbocycles. The first-order valence-corrected chi connectivity index (χ1v) is 7.39. The molecule has 0 aliphatic rings. The van der Waals surface area contributed by atoms with Crippen molar-refractivity contribution in [1.82, 2.24) is 20.2 Å². The first-order valence-electron chi connectivity index (χ1n) is 6.22. The molecule has 0 N–H and O–H groups in total. The van der Waals surface area contributed by atoms with Crippen LogP contribution in [0.4, 0.5) is 0 Å². The van der Waals surface area contributed by atoms with Crippen molar-refractivity contribution in [3.8, 4) is 5.75 Å². The fourth-order valence-corrected chi connectivity index (χ4v) is 2.52. The second-order valence-electron chi connectivity index (χ2n) is 5.40. The molecule has 0 atom stereocenters. The van der Waals surface area contributed by atoms with Crippen molar-refractivity contribution in [1.29, 1.82) is 0 Å². The second-order valence-corrected chi connectivity index (χ2v) is 6.69. The first-order chi connectivity index (χ1) is 9.38. The van der Waals surface area contributed by atoms with E-state index in [1.807, 2.05) is 6.07 Å². The van der Waals surface area contributed by atoms with E-state index >= 15 is 0 Å². The van der Waals surface area contributed by atoms with Crippen LogP contribution in [0.2, 0.25) is 5.02 Å². The van der Waals surface area contributed by atoms with Crippen LogP contribution in [0.1, 0.15) is 26.6 Å². The zero-order valence-corrected chi connectivity index (χ0v) is 13.9. The molecule has 7 heteroatoms. The van der Waals surface area contributed by atoms with Gasteiger partial charge in [0, 0.05) is 10.4 Å². The smallest absolute Gasteiger partial charge is 0.156 e. The molecule has 2 aromatic rings. The van der Waals surface area contributed by atoms with Crippen LogP contribution in [0.5, 0.6) is 5.75 Å². The molecule has 0 saturated heterocycles. The Balaban J connectivity index is 1.98. The van der Waals surface area contributed by atoms with Gasteiger partial charge in [-0.15, -0.1) is 5.10 Å². The average molecular weight is 360 g/mol. The molecular formula is C13H16BrClN4O. The van der Waals surface area contributed by atoms with Crippen molar-refractivity contribution >= 4 is 27.5 Å². The normalized spacial score (nSPS) is 11.7. The Kier molecular flexibility index (Phi) is 4.65. The van der Waals surface area contributed by atoms with Crippen molar-refractivity contribution in [2.45, 2.75) is 32.7 Å². The third-order valence-electron chi connectivity index (χ3n) is 2.66. The van der Waals surface area contributed by atoms with E-state index < -0.39 is 0 Å². The lowest BCUT2D eigenvalue weighted by Crippen LogP contribution is -2.22. The van der Waals surface area contributed by atoms with Gasteiger partial charge in [-0.05, 0) is 44.6 Å². The highest BCUT2D eigenvalue weighted by atomic mass is 79.9. The lowest BCUT2D eigenvalue weighted by atomic mass is 9.96. The van der Waals surface area contributed by atoms with E-state index in [9.17, 15) is 0 Å². The maximum absolute atomic E-state index is 5.89. The Bertz CT molecular complexity index is 594. The molecule has 20 heavy (non-hydrogen) atoms. The van der Waals surface area contributed by atoms with E-state index in [4.69, 9.17) is 16.3 Å². The van der Waals surface area contributed by atoms with Crippen molar-refractivity contribution < 1.29 is 4.74 Å². The van der Waals surface area contributed by atoms with Crippen molar-refractivity contribution in [2.75, 3.05) is 6.61 Å². The minimum Gasteiger partial charge on any atom is -0.490 e. The highest BCUT2D eigenvalue weighted by molar-refractivity contribution is 9.10. The maximum Gasteiger partial charge on any atom is 0.156 e. The monoisotopic (exact) mass is 358 g/mol. The highest BCUT2D eigenvalue weighted by Gasteiger charge is 2.21. The number of hydrogen-bond acceptors (Lipinski definition) is 4. The summed E-state index contributed by atoms with van der Waals surface area (Å²) < 4.78 is 8.31. The number of halogens is 2. The van der Waals surface area contributed by atoms with Crippen LogP contribution < -0.4 is 4.74 Å². The summed E-state index contributed by atoms with van der Waals surface area (Å²) in [6.45, 7) is 7.30. The largest absolute Gasteiger partial charge is 0.490 e. The van der Waals surface area contributed by atoms with Gasteiger partial charge in [0.25, 0.3) is 0 Å². The molecule has 1 aromatic carbocycles. The molecule has 0 bridgehead atoms. The molecule has 1 aromatic heterocycles. The Hall–Kier alpha value is -1.14. The van der Waals surface area contributed by atoms with E-state index in [-0.39, 0.29) is 5.41 Å². The lowest BCUT2D eigenvalue weighted by Gasteiger charge is -2.17. The third kappa shape index (κ3) is 3.70. The highest BCUT2D eigenvalue weighted by Crippen LogP contribution is 2.28. The van der Waals surface area contributed by atoms with Crippen molar-refractivity contribution in [3.63, 3.8) is 0 Å². The van der Waals surface area contributed by atoms with Crippen LogP contribution >= 0.6 is 27.5 Å². The van der Waals surface area contributed by atoms with Gasteiger partial charge in [0.15, 0.2) is 5.82 Å². The Morgan fingerprint density at radius 3 is 2.75 bits per heavy atom. The Morgan fingerprint density at radius 2 is 2.10 bits per heavy atom. The topological polar surface area (TPSA) is 52.8 Å². The molecule has 2 rings (SSSR count). The summed E-state index contributed by atoms with van der Waals surface area (Å²) in [5.74, 6) is 1.59. The molecule has 0 saturated carbocycles. The summed E-state index contributed by atoms with van der Waals surface area (Å²) in [7, 11) is 0. The van der Waals surface area contributed by atoms with Crippen LogP contribution in [0.3, 0.4) is 0 Å². The molecule has 1 heterocycles. The lowest BCUT2D eigenvalue weighted by molar-refractivity contribution is 0.281. The number of tetrazole rings is 1. The van der Waals surface area contributed by atoms with Gasteiger partial charge >= 0.3 is 0 Å². The van der Waals surface area contributed by atoms with Gasteiger partial charge in [-0.2, -0.15) is 0 Å². The summed E-state index contributed by atoms with van der Waals surface area (Å²) in [4.78, 5) is 0. The van der Waals surface area contributed by atoms with E-state index in [0.29, 0.717) is 18.2 Å². The Labute approximate surface area is 131 Å². The van der Waals surface area contributed by atoms with Gasteiger partial charge in [-0.3, -0.25) is 0 Å². The third-order valence-corrected chi connectivity index (χ3v) is 3.51. The average Bonchev–Trinajstić information content (AvgIpc) is 2.80. The van der Waals surface area contributed by atoms with Crippen LogP contribution in [0.15, 0.2) is 22.7 Å². The van der Waals surface area contributed by atoms with Gasteiger partial charge in [-0.25, -0.2) is 4.68 Å². The minimum absolute atomic E-state index is 0.0929. The number of ether oxygens (including phenoxy) is 1. The SMILES string of the molecule is CC(C)(C)c1nnnn1CCOc1ccc(Cl)cc1Br. The summed E-state index contributed by atoms with van der Waals surface area (Å²) in [6.07, 6.45) is 0. The van der Waals surface area contributed by atoms with E-state index in [2.05, 4.69) is 52.2 Å². The standard InChI is InChI=1S/C13H16BrClN4O/c1-13(2,3)12-16-17-18-19(12)6-7-20-11-5-4-9(15)8-10(11)14/h4-5,8H,6-7H2,1-3H3. The molecule has 0 radical (unpaired) electrons. The molecule has 0 fully saturated rings. The number of rotatable bonds is 4. The number of benzene rings is 1. The molecular weight excluding hydrogens is 344 g/mol. The second kappa shape index (κ2) is 6.10. The van der Waals surface area contributed by atoms with Crippen LogP contribution in [-0.2, 0) is 12.0 Å². The maximum atomic E-state index is 5.89. The molecule has 0 unspecified atom stereocenters. The zero-order chi connectivity index (χ0) is 14.8. The van der Waals surface area contributed by atoms with Crippen LogP contribution in [0.25, 0.3) is 0 Å². The predicted molar refractivity (Wildman–Crippen MR) is 81.2 cm³/mol. The van der Waals surface area contributed by atoms with E-state index in [1.165, 1.54) is 0 Å². The number of aromatic nitrogens is 4. The van der Waals surface area contributed by atoms with Crippen molar-refractivity contribution in [3.05, 3.63) is 33.5 Å². The summed E-state index contributed by atoms with van der Waals surface area (Å²) in [5, 5.41) is 12.4. The van der Waals surface area contributed by atoms with E-state index in [0.717, 1.165) is 16.0 Å². The summed E-state index contributed by atoms with van der Waals surface area (Å²) in [6, 6.07) is 5.42. The zero-order valence-electron chi connectivity index (χ0n) is 11.6. The molecule has 0 spiro atoms. The number of nitrogens with zero attached hydrogens (tertiary/aromatic N) is 4. The quantitative estimate of drug-likeness (QED) is 0.839. The fourth-order valence-electron chi connectivity index (χ4n) is 1.73. The van der Waals surface area contributed by atoms with Gasteiger partial charge in [0.05, 0.1) is 11.0 Å². The van der Waals surface area contributed by atoms with E-state index in [1.54, 1.807) is 16.8 Å². The van der Waals surface area contributed by atoms with Gasteiger partial charge in [-0.1, -0.05) is 32.4 Å². The molecule has 108 valence electrons. The molecule has 0 aliphatic heterocycles. The van der Waals surface area contributed by atoms with Crippen LogP contribution in [-0.4, -0.2) is 26.8 Å². The van der Waals surface area contributed by atoms with Gasteiger partial charge in [0.1, 0.15) is 12.4 Å². The number of hydrogen-bond donors (Lipinski definition) is 0. The minimum atomic E-state index is -0.0929. The predicted octanol–water partition coefficient (Wildman–Crippen LogP) is 3.47. The van der Waals surface area contributed by atoms with Gasteiger partial charge < -0.3 is 4.74 Å². The summed E-state index contributed by atoms with van der Waals surface area (Å²) >= 11 is 9.30. The van der Waals surface area contributed by atoms with Gasteiger partial charge in [0.2, 0.25) is 0 Å². The molecule has 5 nitrogen and oxygen atoms in total. The Morgan fingerprint density at radius 1 is 1.35 bits per heavy atom.